The molecular formula is C17H19NS. The molecule has 1 aliphatic heterocycles. The van der Waals surface area contributed by atoms with Gasteiger partial charge in [0.05, 0.1) is 0 Å². The molecule has 0 radical (unpaired) electrons. The molecule has 1 fully saturated rings. The van der Waals surface area contributed by atoms with Gasteiger partial charge in [-0.1, -0.05) is 18.2 Å². The molecule has 1 nitrogen and oxygen atoms in total. The summed E-state index contributed by atoms with van der Waals surface area (Å²) in [7, 11) is 0. The molecule has 0 unspecified atom stereocenters. The van der Waals surface area contributed by atoms with Crippen molar-refractivity contribution in [1.29, 1.82) is 0 Å². The zero-order valence-corrected chi connectivity index (χ0v) is 12.4. The van der Waals surface area contributed by atoms with Crippen molar-refractivity contribution in [3.8, 4) is 10.4 Å². The molecule has 0 amide bonds. The van der Waals surface area contributed by atoms with Gasteiger partial charge in [-0.25, -0.2) is 0 Å². The number of hydrogen-bond acceptors (Lipinski definition) is 2. The zero-order chi connectivity index (χ0) is 13.0. The van der Waals surface area contributed by atoms with Gasteiger partial charge in [0.2, 0.25) is 0 Å². The number of benzene rings is 1. The second-order valence-corrected chi connectivity index (χ2v) is 7.22. The van der Waals surface area contributed by atoms with Crippen LogP contribution < -0.4 is 5.32 Å². The smallest absolute Gasteiger partial charge is 0.0351 e. The summed E-state index contributed by atoms with van der Waals surface area (Å²) in [6, 6.07) is 9.14. The fraction of sp³-hybridized carbons (Fsp3) is 0.412. The molecule has 1 N–H and O–H groups in total. The van der Waals surface area contributed by atoms with Gasteiger partial charge < -0.3 is 5.32 Å². The van der Waals surface area contributed by atoms with Gasteiger partial charge in [0, 0.05) is 28.3 Å². The summed E-state index contributed by atoms with van der Waals surface area (Å²) in [6.45, 7) is 6.69. The lowest BCUT2D eigenvalue weighted by Crippen LogP contribution is -2.31. The fourth-order valence-electron chi connectivity index (χ4n) is 3.27. The maximum Gasteiger partial charge on any atom is 0.0351 e. The predicted octanol–water partition coefficient (Wildman–Crippen LogP) is 4.17. The van der Waals surface area contributed by atoms with Crippen LogP contribution in [0, 0.1) is 13.8 Å². The van der Waals surface area contributed by atoms with Gasteiger partial charge in [-0.3, -0.25) is 0 Å². The van der Waals surface area contributed by atoms with Crippen LogP contribution in [0.5, 0.6) is 0 Å². The monoisotopic (exact) mass is 269 g/mol. The third-order valence-electron chi connectivity index (χ3n) is 4.85. The lowest BCUT2D eigenvalue weighted by Gasteiger charge is -2.22. The Morgan fingerprint density at radius 3 is 2.84 bits per heavy atom. The zero-order valence-electron chi connectivity index (χ0n) is 11.5. The second kappa shape index (κ2) is 3.94. The Bertz CT molecular complexity index is 649. The Hall–Kier alpha value is -1.12. The first kappa shape index (κ1) is 11.7. The summed E-state index contributed by atoms with van der Waals surface area (Å²) in [5.74, 6) is 0. The van der Waals surface area contributed by atoms with Crippen LogP contribution in [0.3, 0.4) is 0 Å². The quantitative estimate of drug-likeness (QED) is 0.819. The molecule has 1 aromatic carbocycles. The number of fused-ring (bicyclic) bond motifs is 2. The average Bonchev–Trinajstić information content (AvgIpc) is 3.02. The molecule has 0 saturated heterocycles. The Morgan fingerprint density at radius 1 is 1.21 bits per heavy atom. The van der Waals surface area contributed by atoms with E-state index in [9.17, 15) is 0 Å². The van der Waals surface area contributed by atoms with Crippen LogP contribution in [0.1, 0.15) is 34.4 Å². The molecule has 2 heterocycles. The SMILES string of the molecule is Cc1cccc(-c2cc3c(s2)CNCC32CC2)c1C. The van der Waals surface area contributed by atoms with Crippen molar-refractivity contribution in [2.24, 2.45) is 0 Å². The Morgan fingerprint density at radius 2 is 2.05 bits per heavy atom. The molecule has 2 aliphatic rings. The third kappa shape index (κ3) is 1.70. The Kier molecular flexibility index (Phi) is 2.42. The Balaban J connectivity index is 1.85. The van der Waals surface area contributed by atoms with E-state index in [1.807, 2.05) is 11.3 Å². The van der Waals surface area contributed by atoms with Gasteiger partial charge in [0.25, 0.3) is 0 Å². The van der Waals surface area contributed by atoms with Crippen molar-refractivity contribution < 1.29 is 0 Å². The van der Waals surface area contributed by atoms with Gasteiger partial charge >= 0.3 is 0 Å². The van der Waals surface area contributed by atoms with E-state index in [1.165, 1.54) is 41.0 Å². The standard InChI is InChI=1S/C17H19NS/c1-11-4-3-5-13(12(11)2)15-8-14-16(19-15)9-18-10-17(14)6-7-17/h3-5,8,18H,6-7,9-10H2,1-2H3. The maximum atomic E-state index is 3.59. The van der Waals surface area contributed by atoms with E-state index in [0.29, 0.717) is 5.41 Å². The van der Waals surface area contributed by atoms with E-state index in [1.54, 1.807) is 10.4 Å². The highest BCUT2D eigenvalue weighted by Crippen LogP contribution is 2.53. The molecule has 1 saturated carbocycles. The van der Waals surface area contributed by atoms with Gasteiger partial charge in [0.1, 0.15) is 0 Å². The van der Waals surface area contributed by atoms with Gasteiger partial charge in [-0.15, -0.1) is 11.3 Å². The second-order valence-electron chi connectivity index (χ2n) is 6.08. The van der Waals surface area contributed by atoms with Crippen molar-refractivity contribution in [3.05, 3.63) is 45.8 Å². The highest BCUT2D eigenvalue weighted by molar-refractivity contribution is 7.15. The minimum absolute atomic E-state index is 0.500. The minimum Gasteiger partial charge on any atom is -0.311 e. The molecule has 2 aromatic rings. The average molecular weight is 269 g/mol. The molecule has 1 spiro atoms. The van der Waals surface area contributed by atoms with Crippen LogP contribution in [-0.4, -0.2) is 6.54 Å². The van der Waals surface area contributed by atoms with Crippen LogP contribution in [0.15, 0.2) is 24.3 Å². The van der Waals surface area contributed by atoms with Crippen molar-refractivity contribution in [2.45, 2.75) is 38.6 Å². The first-order valence-corrected chi connectivity index (χ1v) is 7.92. The summed E-state index contributed by atoms with van der Waals surface area (Å²) in [4.78, 5) is 3.03. The van der Waals surface area contributed by atoms with Crippen LogP contribution in [0.25, 0.3) is 10.4 Å². The molecular weight excluding hydrogens is 250 g/mol. The molecule has 0 atom stereocenters. The van der Waals surface area contributed by atoms with Gasteiger partial charge in [-0.2, -0.15) is 0 Å². The molecule has 4 rings (SSSR count). The predicted molar refractivity (Wildman–Crippen MR) is 81.8 cm³/mol. The lowest BCUT2D eigenvalue weighted by molar-refractivity contribution is 0.539. The highest BCUT2D eigenvalue weighted by Gasteiger charge is 2.47. The van der Waals surface area contributed by atoms with Crippen LogP contribution in [0.2, 0.25) is 0 Å². The molecule has 98 valence electrons. The largest absolute Gasteiger partial charge is 0.311 e. The summed E-state index contributed by atoms with van der Waals surface area (Å²) < 4.78 is 0. The topological polar surface area (TPSA) is 12.0 Å². The van der Waals surface area contributed by atoms with Crippen LogP contribution in [0.4, 0.5) is 0 Å². The highest BCUT2D eigenvalue weighted by atomic mass is 32.1. The van der Waals surface area contributed by atoms with E-state index in [0.717, 1.165) is 6.54 Å². The summed E-state index contributed by atoms with van der Waals surface area (Å²) in [5.41, 5.74) is 6.39. The third-order valence-corrected chi connectivity index (χ3v) is 6.02. The first-order chi connectivity index (χ1) is 9.20. The summed E-state index contributed by atoms with van der Waals surface area (Å²) in [5, 5.41) is 3.59. The van der Waals surface area contributed by atoms with E-state index >= 15 is 0 Å². The lowest BCUT2D eigenvalue weighted by atomic mass is 9.92. The summed E-state index contributed by atoms with van der Waals surface area (Å²) >= 11 is 1.99. The fourth-order valence-corrected chi connectivity index (χ4v) is 4.60. The normalized spacial score (nSPS) is 19.5. The molecule has 1 aromatic heterocycles. The maximum absolute atomic E-state index is 3.59. The number of aryl methyl sites for hydroxylation is 1. The summed E-state index contributed by atoms with van der Waals surface area (Å²) in [6.07, 6.45) is 2.74. The van der Waals surface area contributed by atoms with Gasteiger partial charge in [0.15, 0.2) is 0 Å². The number of rotatable bonds is 1. The molecule has 19 heavy (non-hydrogen) atoms. The number of hydrogen-bond donors (Lipinski definition) is 1. The molecule has 1 aliphatic carbocycles. The van der Waals surface area contributed by atoms with Crippen LogP contribution in [-0.2, 0) is 12.0 Å². The Labute approximate surface area is 118 Å². The van der Waals surface area contributed by atoms with Gasteiger partial charge in [-0.05, 0) is 55.0 Å². The number of nitrogens with one attached hydrogen (secondary N) is 1. The minimum atomic E-state index is 0.500. The molecule has 0 bridgehead atoms. The van der Waals surface area contributed by atoms with Crippen molar-refractivity contribution >= 4 is 11.3 Å². The molecule has 2 heteroatoms. The first-order valence-electron chi connectivity index (χ1n) is 7.10. The van der Waals surface area contributed by atoms with E-state index in [4.69, 9.17) is 0 Å². The van der Waals surface area contributed by atoms with E-state index in [-0.39, 0.29) is 0 Å². The van der Waals surface area contributed by atoms with Crippen molar-refractivity contribution in [2.75, 3.05) is 6.54 Å². The van der Waals surface area contributed by atoms with E-state index < -0.39 is 0 Å². The number of thiophene rings is 1. The van der Waals surface area contributed by atoms with Crippen molar-refractivity contribution in [3.63, 3.8) is 0 Å². The van der Waals surface area contributed by atoms with Crippen LogP contribution >= 0.6 is 11.3 Å². The van der Waals surface area contributed by atoms with E-state index in [2.05, 4.69) is 43.4 Å². The van der Waals surface area contributed by atoms with Crippen molar-refractivity contribution in [1.82, 2.24) is 5.32 Å².